The molecule has 1 aromatic rings. The van der Waals surface area contributed by atoms with E-state index in [9.17, 15) is 17.6 Å². The Balaban J connectivity index is 2.24. The van der Waals surface area contributed by atoms with Gasteiger partial charge in [0.05, 0.1) is 0 Å². The van der Waals surface area contributed by atoms with E-state index in [1.54, 1.807) is 4.90 Å². The zero-order chi connectivity index (χ0) is 14.9. The van der Waals surface area contributed by atoms with Crippen LogP contribution in [0.5, 0.6) is 0 Å². The van der Waals surface area contributed by atoms with Gasteiger partial charge in [0.15, 0.2) is 0 Å². The first-order valence-corrected chi connectivity index (χ1v) is 7.57. The van der Waals surface area contributed by atoms with Gasteiger partial charge in [-0.25, -0.2) is 12.8 Å². The van der Waals surface area contributed by atoms with E-state index in [-0.39, 0.29) is 24.7 Å². The molecule has 2 rings (SSSR count). The van der Waals surface area contributed by atoms with Crippen molar-refractivity contribution in [2.75, 3.05) is 31.9 Å². The van der Waals surface area contributed by atoms with Crippen molar-refractivity contribution >= 4 is 21.6 Å². The fraction of sp³-hybridized carbons (Fsp3) is 0.417. The lowest BCUT2D eigenvalue weighted by Crippen LogP contribution is -2.50. The first-order valence-electron chi connectivity index (χ1n) is 6.13. The van der Waals surface area contributed by atoms with Crippen LogP contribution >= 0.6 is 0 Å². The van der Waals surface area contributed by atoms with Crippen molar-refractivity contribution in [2.24, 2.45) is 0 Å². The second-order valence-corrected chi connectivity index (χ2v) is 6.51. The van der Waals surface area contributed by atoms with Gasteiger partial charge in [-0.1, -0.05) is 0 Å². The summed E-state index contributed by atoms with van der Waals surface area (Å²) in [5.41, 5.74) is 5.70. The Morgan fingerprint density at radius 3 is 2.40 bits per heavy atom. The van der Waals surface area contributed by atoms with Gasteiger partial charge in [-0.3, -0.25) is 4.79 Å². The molecule has 0 aromatic heterocycles. The molecule has 1 aliphatic rings. The third-order valence-corrected chi connectivity index (χ3v) is 5.17. The Morgan fingerprint density at radius 2 is 1.85 bits per heavy atom. The summed E-state index contributed by atoms with van der Waals surface area (Å²) in [6.45, 7) is 2.34. The van der Waals surface area contributed by atoms with Gasteiger partial charge in [-0.15, -0.1) is 0 Å². The highest BCUT2D eigenvalue weighted by molar-refractivity contribution is 7.89. The predicted molar refractivity (Wildman–Crippen MR) is 71.8 cm³/mol. The van der Waals surface area contributed by atoms with Gasteiger partial charge in [-0.05, 0) is 18.2 Å². The van der Waals surface area contributed by atoms with Crippen molar-refractivity contribution in [1.29, 1.82) is 0 Å². The molecule has 20 heavy (non-hydrogen) atoms. The number of rotatable bonds is 2. The van der Waals surface area contributed by atoms with Crippen LogP contribution in [-0.2, 0) is 14.8 Å². The molecule has 1 heterocycles. The summed E-state index contributed by atoms with van der Waals surface area (Å²) in [7, 11) is -3.92. The van der Waals surface area contributed by atoms with Crippen LogP contribution in [0, 0.1) is 5.82 Å². The van der Waals surface area contributed by atoms with Gasteiger partial charge >= 0.3 is 0 Å². The van der Waals surface area contributed by atoms with Gasteiger partial charge < -0.3 is 10.6 Å². The smallest absolute Gasteiger partial charge is 0.246 e. The molecule has 0 unspecified atom stereocenters. The van der Waals surface area contributed by atoms with Crippen LogP contribution in [0.2, 0.25) is 0 Å². The van der Waals surface area contributed by atoms with Gasteiger partial charge in [-0.2, -0.15) is 4.31 Å². The topological polar surface area (TPSA) is 83.7 Å². The summed E-state index contributed by atoms with van der Waals surface area (Å²) in [6.07, 6.45) is 0. The molecule has 1 aliphatic heterocycles. The lowest BCUT2D eigenvalue weighted by Gasteiger charge is -2.33. The first kappa shape index (κ1) is 14.7. The number of benzene rings is 1. The fourth-order valence-corrected chi connectivity index (χ4v) is 3.62. The molecule has 110 valence electrons. The molecule has 0 spiro atoms. The molecule has 6 nitrogen and oxygen atoms in total. The zero-order valence-electron chi connectivity index (χ0n) is 11.0. The van der Waals surface area contributed by atoms with Crippen LogP contribution in [0.15, 0.2) is 23.1 Å². The number of anilines is 1. The largest absolute Gasteiger partial charge is 0.399 e. The van der Waals surface area contributed by atoms with E-state index in [1.807, 2.05) is 0 Å². The number of piperazine rings is 1. The van der Waals surface area contributed by atoms with Crippen molar-refractivity contribution in [1.82, 2.24) is 9.21 Å². The normalized spacial score (nSPS) is 17.2. The molecule has 0 radical (unpaired) electrons. The Labute approximate surface area is 117 Å². The standard InChI is InChI=1S/C12H16FN3O3S/c1-9(17)15-4-6-16(7-5-15)20(18,19)12-8-10(14)2-3-11(12)13/h2-3,8H,4-7,14H2,1H3. The molecule has 8 heteroatoms. The van der Waals surface area contributed by atoms with Crippen LogP contribution in [-0.4, -0.2) is 49.7 Å². The van der Waals surface area contributed by atoms with E-state index in [2.05, 4.69) is 0 Å². The van der Waals surface area contributed by atoms with E-state index in [4.69, 9.17) is 5.73 Å². The molecule has 2 N–H and O–H groups in total. The second-order valence-electron chi connectivity index (χ2n) is 4.60. The number of carbonyl (C=O) groups excluding carboxylic acids is 1. The molecule has 1 aromatic carbocycles. The maximum absolute atomic E-state index is 13.7. The Hall–Kier alpha value is -1.67. The summed E-state index contributed by atoms with van der Waals surface area (Å²) >= 11 is 0. The summed E-state index contributed by atoms with van der Waals surface area (Å²) in [5.74, 6) is -0.926. The summed E-state index contributed by atoms with van der Waals surface area (Å²) < 4.78 is 39.6. The third-order valence-electron chi connectivity index (χ3n) is 3.26. The molecule has 0 atom stereocenters. The van der Waals surface area contributed by atoms with Crippen molar-refractivity contribution < 1.29 is 17.6 Å². The number of sulfonamides is 1. The number of carbonyl (C=O) groups is 1. The number of amides is 1. The number of nitrogens with zero attached hydrogens (tertiary/aromatic N) is 2. The van der Waals surface area contributed by atoms with Crippen LogP contribution in [0.25, 0.3) is 0 Å². The van der Waals surface area contributed by atoms with E-state index in [1.165, 1.54) is 17.3 Å². The van der Waals surface area contributed by atoms with Gasteiger partial charge in [0.2, 0.25) is 15.9 Å². The lowest BCUT2D eigenvalue weighted by atomic mass is 10.3. The van der Waals surface area contributed by atoms with E-state index < -0.39 is 20.7 Å². The first-order chi connectivity index (χ1) is 9.32. The van der Waals surface area contributed by atoms with E-state index >= 15 is 0 Å². The average Bonchev–Trinajstić information content (AvgIpc) is 2.41. The third kappa shape index (κ3) is 2.75. The minimum absolute atomic E-state index is 0.0998. The number of hydrogen-bond acceptors (Lipinski definition) is 4. The van der Waals surface area contributed by atoms with Crippen LogP contribution in [0.3, 0.4) is 0 Å². The zero-order valence-corrected chi connectivity index (χ0v) is 11.9. The number of halogens is 1. The molecule has 0 saturated carbocycles. The van der Waals surface area contributed by atoms with Crippen LogP contribution < -0.4 is 5.73 Å². The SMILES string of the molecule is CC(=O)N1CCN(S(=O)(=O)c2cc(N)ccc2F)CC1. The van der Waals surface area contributed by atoms with Crippen molar-refractivity contribution in [3.05, 3.63) is 24.0 Å². The molecular formula is C12H16FN3O3S. The van der Waals surface area contributed by atoms with Crippen molar-refractivity contribution in [2.45, 2.75) is 11.8 Å². The molecule has 1 saturated heterocycles. The lowest BCUT2D eigenvalue weighted by molar-refractivity contribution is -0.129. The van der Waals surface area contributed by atoms with Crippen LogP contribution in [0.4, 0.5) is 10.1 Å². The Bertz CT molecular complexity index is 625. The maximum atomic E-state index is 13.7. The number of nitrogen functional groups attached to an aromatic ring is 1. The van der Waals surface area contributed by atoms with E-state index in [0.717, 1.165) is 12.1 Å². The Morgan fingerprint density at radius 1 is 1.25 bits per heavy atom. The number of nitrogens with two attached hydrogens (primary N) is 1. The molecule has 0 bridgehead atoms. The highest BCUT2D eigenvalue weighted by Gasteiger charge is 2.31. The van der Waals surface area contributed by atoms with Gasteiger partial charge in [0.25, 0.3) is 0 Å². The average molecular weight is 301 g/mol. The molecule has 1 amide bonds. The monoisotopic (exact) mass is 301 g/mol. The second kappa shape index (κ2) is 5.37. The minimum atomic E-state index is -3.92. The predicted octanol–water partition coefficient (Wildman–Crippen LogP) is 0.261. The summed E-state index contributed by atoms with van der Waals surface area (Å²) in [4.78, 5) is 12.3. The molecular weight excluding hydrogens is 285 g/mol. The highest BCUT2D eigenvalue weighted by Crippen LogP contribution is 2.22. The van der Waals surface area contributed by atoms with Crippen molar-refractivity contribution in [3.63, 3.8) is 0 Å². The fourth-order valence-electron chi connectivity index (χ4n) is 2.10. The summed E-state index contributed by atoms with van der Waals surface area (Å²) in [5, 5.41) is 0. The van der Waals surface area contributed by atoms with Gasteiger partial charge in [0, 0.05) is 38.8 Å². The van der Waals surface area contributed by atoms with Crippen LogP contribution in [0.1, 0.15) is 6.92 Å². The number of hydrogen-bond donors (Lipinski definition) is 1. The summed E-state index contributed by atoms with van der Waals surface area (Å²) in [6, 6.07) is 3.46. The molecule has 0 aliphatic carbocycles. The maximum Gasteiger partial charge on any atom is 0.246 e. The quantitative estimate of drug-likeness (QED) is 0.794. The van der Waals surface area contributed by atoms with Crippen molar-refractivity contribution in [3.8, 4) is 0 Å². The molecule has 1 fully saturated rings. The highest BCUT2D eigenvalue weighted by atomic mass is 32.2. The Kier molecular flexibility index (Phi) is 3.96. The minimum Gasteiger partial charge on any atom is -0.399 e. The van der Waals surface area contributed by atoms with E-state index in [0.29, 0.717) is 13.1 Å². The van der Waals surface area contributed by atoms with Gasteiger partial charge in [0.1, 0.15) is 10.7 Å².